The van der Waals surface area contributed by atoms with Crippen LogP contribution in [0, 0.1) is 0 Å². The highest BCUT2D eigenvalue weighted by atomic mass is 32.1. The van der Waals surface area contributed by atoms with Gasteiger partial charge in [-0.05, 0) is 45.1 Å². The second kappa shape index (κ2) is 6.54. The number of rotatable bonds is 6. The van der Waals surface area contributed by atoms with Gasteiger partial charge in [0.2, 0.25) is 0 Å². The summed E-state index contributed by atoms with van der Waals surface area (Å²) in [6, 6.07) is 2.31. The number of fused-ring (bicyclic) bond motifs is 2. The predicted molar refractivity (Wildman–Crippen MR) is 85.2 cm³/mol. The molecule has 3 rings (SSSR count). The first-order valence-corrected chi connectivity index (χ1v) is 9.09. The second-order valence-electron chi connectivity index (χ2n) is 6.31. The van der Waals surface area contributed by atoms with Crippen LogP contribution in [0.4, 0.5) is 0 Å². The van der Waals surface area contributed by atoms with E-state index >= 15 is 0 Å². The van der Waals surface area contributed by atoms with E-state index in [9.17, 15) is 0 Å². The zero-order chi connectivity index (χ0) is 13.9. The van der Waals surface area contributed by atoms with Crippen LogP contribution < -0.4 is 5.32 Å². The number of hydrogen-bond acceptors (Lipinski definition) is 4. The highest BCUT2D eigenvalue weighted by molar-refractivity contribution is 7.09. The number of piperidine rings is 1. The lowest BCUT2D eigenvalue weighted by molar-refractivity contribution is 0.139. The van der Waals surface area contributed by atoms with Crippen molar-refractivity contribution < 1.29 is 0 Å². The van der Waals surface area contributed by atoms with Gasteiger partial charge in [0.25, 0.3) is 0 Å². The molecule has 2 unspecified atom stereocenters. The number of nitrogens with zero attached hydrogens (tertiary/aromatic N) is 2. The van der Waals surface area contributed by atoms with Crippen molar-refractivity contribution in [2.45, 2.75) is 77.0 Å². The lowest BCUT2D eigenvalue weighted by Crippen LogP contribution is -2.47. The van der Waals surface area contributed by atoms with E-state index in [1.54, 1.807) is 0 Å². The zero-order valence-corrected chi connectivity index (χ0v) is 13.6. The van der Waals surface area contributed by atoms with E-state index in [1.807, 2.05) is 11.3 Å². The van der Waals surface area contributed by atoms with Crippen molar-refractivity contribution in [2.75, 3.05) is 6.54 Å². The number of nitrogens with one attached hydrogen (secondary N) is 1. The number of aromatic nitrogens is 1. The Hall–Kier alpha value is -0.450. The highest BCUT2D eigenvalue weighted by Gasteiger charge is 2.35. The minimum atomic E-state index is 0.759. The summed E-state index contributed by atoms with van der Waals surface area (Å²) in [7, 11) is 0. The second-order valence-corrected chi connectivity index (χ2v) is 7.25. The molecule has 0 aromatic carbocycles. The van der Waals surface area contributed by atoms with E-state index < -0.39 is 0 Å². The molecule has 0 saturated carbocycles. The lowest BCUT2D eigenvalue weighted by atomic mass is 9.98. The van der Waals surface area contributed by atoms with Crippen molar-refractivity contribution in [1.82, 2.24) is 15.2 Å². The average molecular weight is 293 g/mol. The molecular formula is C16H27N3S. The molecule has 1 N–H and O–H groups in total. The topological polar surface area (TPSA) is 28.2 Å². The van der Waals surface area contributed by atoms with Gasteiger partial charge in [0.05, 0.1) is 10.7 Å². The SMILES string of the molecule is CCCc1nc(CN(CC)C2CC3CCC(C2)N3)cs1. The molecule has 1 aromatic heterocycles. The first-order valence-electron chi connectivity index (χ1n) is 8.21. The predicted octanol–water partition coefficient (Wildman–Crippen LogP) is 3.20. The Kier molecular flexibility index (Phi) is 4.74. The zero-order valence-electron chi connectivity index (χ0n) is 12.8. The summed E-state index contributed by atoms with van der Waals surface area (Å²) in [5, 5.41) is 7.32. The van der Waals surface area contributed by atoms with Crippen LogP contribution >= 0.6 is 11.3 Å². The van der Waals surface area contributed by atoms with E-state index in [-0.39, 0.29) is 0 Å². The van der Waals surface area contributed by atoms with Crippen molar-refractivity contribution in [2.24, 2.45) is 0 Å². The van der Waals surface area contributed by atoms with E-state index in [4.69, 9.17) is 4.98 Å². The Labute approximate surface area is 126 Å². The van der Waals surface area contributed by atoms with Crippen molar-refractivity contribution in [3.63, 3.8) is 0 Å². The first-order chi connectivity index (χ1) is 9.78. The smallest absolute Gasteiger partial charge is 0.0928 e. The largest absolute Gasteiger partial charge is 0.311 e. The molecule has 2 fully saturated rings. The van der Waals surface area contributed by atoms with Crippen molar-refractivity contribution in [3.8, 4) is 0 Å². The lowest BCUT2D eigenvalue weighted by Gasteiger charge is -2.37. The normalized spacial score (nSPS) is 29.2. The van der Waals surface area contributed by atoms with Gasteiger partial charge >= 0.3 is 0 Å². The molecule has 4 heteroatoms. The molecular weight excluding hydrogens is 266 g/mol. The Bertz CT molecular complexity index is 419. The molecule has 20 heavy (non-hydrogen) atoms. The van der Waals surface area contributed by atoms with Gasteiger partial charge < -0.3 is 5.32 Å². The standard InChI is InChI=1S/C16H27N3S/c1-3-5-16-18-14(11-20-16)10-19(4-2)15-8-12-6-7-13(9-15)17-12/h11-13,15,17H,3-10H2,1-2H3. The van der Waals surface area contributed by atoms with Gasteiger partial charge in [-0.3, -0.25) is 4.90 Å². The van der Waals surface area contributed by atoms with Crippen LogP contribution in [0.2, 0.25) is 0 Å². The van der Waals surface area contributed by atoms with Crippen LogP contribution in [0.5, 0.6) is 0 Å². The van der Waals surface area contributed by atoms with Crippen LogP contribution in [-0.2, 0) is 13.0 Å². The fourth-order valence-corrected chi connectivity index (χ4v) is 4.67. The van der Waals surface area contributed by atoms with Crippen LogP contribution in [0.3, 0.4) is 0 Å². The van der Waals surface area contributed by atoms with E-state index in [0.717, 1.165) is 37.6 Å². The van der Waals surface area contributed by atoms with Gasteiger partial charge in [0.1, 0.15) is 0 Å². The quantitative estimate of drug-likeness (QED) is 0.873. The summed E-state index contributed by atoms with van der Waals surface area (Å²) in [5.41, 5.74) is 1.28. The van der Waals surface area contributed by atoms with Crippen LogP contribution in [0.25, 0.3) is 0 Å². The van der Waals surface area contributed by atoms with E-state index in [0.29, 0.717) is 0 Å². The third-order valence-corrected chi connectivity index (χ3v) is 5.76. The first kappa shape index (κ1) is 14.5. The van der Waals surface area contributed by atoms with Gasteiger partial charge in [-0.25, -0.2) is 4.98 Å². The Morgan fingerprint density at radius 1 is 1.30 bits per heavy atom. The molecule has 2 bridgehead atoms. The maximum atomic E-state index is 4.80. The molecule has 2 saturated heterocycles. The fraction of sp³-hybridized carbons (Fsp3) is 0.812. The molecule has 2 aliphatic rings. The molecule has 0 amide bonds. The van der Waals surface area contributed by atoms with Gasteiger partial charge in [-0.2, -0.15) is 0 Å². The fourth-order valence-electron chi connectivity index (χ4n) is 3.78. The van der Waals surface area contributed by atoms with Crippen LogP contribution in [-0.4, -0.2) is 34.6 Å². The summed E-state index contributed by atoms with van der Waals surface area (Å²) in [5.74, 6) is 0. The molecule has 2 atom stereocenters. The molecule has 1 aromatic rings. The summed E-state index contributed by atoms with van der Waals surface area (Å²) < 4.78 is 0. The van der Waals surface area contributed by atoms with Gasteiger partial charge in [0.15, 0.2) is 0 Å². The summed E-state index contributed by atoms with van der Waals surface area (Å²) in [4.78, 5) is 7.45. The maximum Gasteiger partial charge on any atom is 0.0928 e. The van der Waals surface area contributed by atoms with Gasteiger partial charge in [-0.1, -0.05) is 13.8 Å². The molecule has 0 radical (unpaired) electrons. The average Bonchev–Trinajstić information content (AvgIpc) is 3.03. The van der Waals surface area contributed by atoms with Crippen LogP contribution in [0.15, 0.2) is 5.38 Å². The number of thiazole rings is 1. The highest BCUT2D eigenvalue weighted by Crippen LogP contribution is 2.30. The maximum absolute atomic E-state index is 4.80. The number of hydrogen-bond donors (Lipinski definition) is 1. The number of aryl methyl sites for hydroxylation is 1. The molecule has 3 heterocycles. The Morgan fingerprint density at radius 2 is 2.05 bits per heavy atom. The summed E-state index contributed by atoms with van der Waals surface area (Å²) >= 11 is 1.84. The minimum Gasteiger partial charge on any atom is -0.311 e. The van der Waals surface area contributed by atoms with E-state index in [1.165, 1.54) is 42.8 Å². The molecule has 0 aliphatic carbocycles. The third-order valence-electron chi connectivity index (χ3n) is 4.80. The minimum absolute atomic E-state index is 0.759. The molecule has 112 valence electrons. The molecule has 0 spiro atoms. The van der Waals surface area contributed by atoms with Gasteiger partial charge in [0, 0.05) is 30.1 Å². The Balaban J connectivity index is 1.61. The Morgan fingerprint density at radius 3 is 2.70 bits per heavy atom. The van der Waals surface area contributed by atoms with Gasteiger partial charge in [-0.15, -0.1) is 11.3 Å². The monoisotopic (exact) mass is 293 g/mol. The van der Waals surface area contributed by atoms with Crippen molar-refractivity contribution in [3.05, 3.63) is 16.1 Å². The van der Waals surface area contributed by atoms with Crippen molar-refractivity contribution in [1.29, 1.82) is 0 Å². The van der Waals surface area contributed by atoms with Crippen molar-refractivity contribution >= 4 is 11.3 Å². The summed E-state index contributed by atoms with van der Waals surface area (Å²) in [6.45, 7) is 6.71. The molecule has 3 nitrogen and oxygen atoms in total. The molecule has 2 aliphatic heterocycles. The van der Waals surface area contributed by atoms with E-state index in [2.05, 4.69) is 29.4 Å². The van der Waals surface area contributed by atoms with Crippen LogP contribution in [0.1, 0.15) is 56.7 Å². The summed E-state index contributed by atoms with van der Waals surface area (Å²) in [6.07, 6.45) is 7.76. The third kappa shape index (κ3) is 3.23.